The molecule has 0 saturated heterocycles. The molecule has 9 nitrogen and oxygen atoms in total. The summed E-state index contributed by atoms with van der Waals surface area (Å²) in [5, 5.41) is 14.6. The second-order valence-corrected chi connectivity index (χ2v) is 6.08. The lowest BCUT2D eigenvalue weighted by Gasteiger charge is -2.07. The summed E-state index contributed by atoms with van der Waals surface area (Å²) in [6.07, 6.45) is -2.27. The predicted octanol–water partition coefficient (Wildman–Crippen LogP) is 3.53. The van der Waals surface area contributed by atoms with Gasteiger partial charge < -0.3 is 14.5 Å². The quantitative estimate of drug-likeness (QED) is 0.371. The Labute approximate surface area is 167 Å². The largest absolute Gasteiger partial charge is 0.455 e. The highest BCUT2D eigenvalue weighted by molar-refractivity contribution is 5.81. The Morgan fingerprint density at radius 2 is 2.13 bits per heavy atom. The van der Waals surface area contributed by atoms with E-state index in [9.17, 15) is 28.1 Å². The van der Waals surface area contributed by atoms with Crippen molar-refractivity contribution >= 4 is 17.9 Å². The number of amides is 1. The van der Waals surface area contributed by atoms with Crippen molar-refractivity contribution < 1.29 is 27.3 Å². The number of nitrogens with one attached hydrogen (secondary N) is 1. The number of furan rings is 1. The summed E-state index contributed by atoms with van der Waals surface area (Å²) in [5.74, 6) is -0.299. The number of halogens is 3. The fourth-order valence-corrected chi connectivity index (χ4v) is 2.57. The van der Waals surface area contributed by atoms with Crippen LogP contribution in [0.1, 0.15) is 17.1 Å². The summed E-state index contributed by atoms with van der Waals surface area (Å²) in [6.45, 7) is 1.15. The average Bonchev–Trinajstić information content (AvgIpc) is 3.29. The van der Waals surface area contributed by atoms with Crippen molar-refractivity contribution in [1.29, 1.82) is 0 Å². The van der Waals surface area contributed by atoms with Gasteiger partial charge in [0.05, 0.1) is 11.8 Å². The molecule has 3 aromatic rings. The van der Waals surface area contributed by atoms with Gasteiger partial charge in [0, 0.05) is 12.5 Å². The third-order valence-corrected chi connectivity index (χ3v) is 4.01. The van der Waals surface area contributed by atoms with Crippen LogP contribution in [0.5, 0.6) is 0 Å². The lowest BCUT2D eigenvalue weighted by molar-refractivity contribution is -0.392. The fourth-order valence-electron chi connectivity index (χ4n) is 2.57. The second kappa shape index (κ2) is 8.19. The molecule has 0 fully saturated rings. The number of rotatable bonds is 6. The predicted molar refractivity (Wildman–Crippen MR) is 98.5 cm³/mol. The zero-order valence-corrected chi connectivity index (χ0v) is 15.4. The van der Waals surface area contributed by atoms with Crippen LogP contribution in [-0.2, 0) is 17.5 Å². The molecule has 3 rings (SSSR count). The van der Waals surface area contributed by atoms with Gasteiger partial charge in [0.2, 0.25) is 0 Å². The monoisotopic (exact) mass is 421 g/mol. The first-order valence-electron chi connectivity index (χ1n) is 8.41. The maximum atomic E-state index is 12.8. The Hall–Kier alpha value is -3.96. The highest BCUT2D eigenvalue weighted by atomic mass is 19.4. The fraction of sp³-hybridized carbons (Fsp3) is 0.167. The van der Waals surface area contributed by atoms with Crippen molar-refractivity contribution in [2.75, 3.05) is 0 Å². The first-order chi connectivity index (χ1) is 14.1. The molecule has 156 valence electrons. The Morgan fingerprint density at radius 3 is 2.83 bits per heavy atom. The number of alkyl halides is 3. The normalized spacial score (nSPS) is 11.7. The first-order valence-corrected chi connectivity index (χ1v) is 8.41. The van der Waals surface area contributed by atoms with Crippen molar-refractivity contribution in [2.24, 2.45) is 5.10 Å². The molecule has 0 saturated carbocycles. The highest BCUT2D eigenvalue weighted by Gasteiger charge is 2.30. The minimum atomic E-state index is -4.47. The molecule has 0 aliphatic rings. The number of hydrogen-bond acceptors (Lipinski definition) is 6. The lowest BCUT2D eigenvalue weighted by atomic mass is 10.1. The van der Waals surface area contributed by atoms with Crippen LogP contribution in [0.15, 0.2) is 52.1 Å². The SMILES string of the molecule is Cc1ncc([N+](=O)[O-])n1CC(=O)NN=Cc1ccc(-c2cccc(C(F)(F)F)c2)o1. The molecule has 0 unspecified atom stereocenters. The number of carbonyl (C=O) groups is 1. The van der Waals surface area contributed by atoms with Crippen LogP contribution in [0.2, 0.25) is 0 Å². The minimum absolute atomic E-state index is 0.188. The molecule has 0 spiro atoms. The molecule has 0 atom stereocenters. The average molecular weight is 421 g/mol. The molecule has 0 bridgehead atoms. The summed E-state index contributed by atoms with van der Waals surface area (Å²) in [6, 6.07) is 7.59. The first kappa shape index (κ1) is 20.8. The molecule has 0 radical (unpaired) electrons. The Balaban J connectivity index is 1.65. The van der Waals surface area contributed by atoms with Gasteiger partial charge in [-0.2, -0.15) is 18.3 Å². The minimum Gasteiger partial charge on any atom is -0.455 e. The molecule has 0 aliphatic heterocycles. The summed E-state index contributed by atoms with van der Waals surface area (Å²) in [5.41, 5.74) is 1.62. The van der Waals surface area contributed by atoms with E-state index in [1.54, 1.807) is 0 Å². The molecule has 12 heteroatoms. The van der Waals surface area contributed by atoms with Gasteiger partial charge in [-0.1, -0.05) is 12.1 Å². The summed E-state index contributed by atoms with van der Waals surface area (Å²) in [7, 11) is 0. The van der Waals surface area contributed by atoms with Gasteiger partial charge in [-0.3, -0.25) is 4.79 Å². The van der Waals surface area contributed by atoms with E-state index in [-0.39, 0.29) is 35.3 Å². The lowest BCUT2D eigenvalue weighted by Crippen LogP contribution is -2.24. The van der Waals surface area contributed by atoms with Crippen LogP contribution in [0.4, 0.5) is 19.0 Å². The number of nitrogens with zero attached hydrogens (tertiary/aromatic N) is 4. The van der Waals surface area contributed by atoms with Crippen molar-refractivity contribution in [3.8, 4) is 11.3 Å². The zero-order valence-electron chi connectivity index (χ0n) is 15.4. The molecular weight excluding hydrogens is 407 g/mol. The van der Waals surface area contributed by atoms with Gasteiger partial charge in [-0.25, -0.2) is 15.0 Å². The van der Waals surface area contributed by atoms with Crippen LogP contribution >= 0.6 is 0 Å². The van der Waals surface area contributed by atoms with Gasteiger partial charge in [-0.15, -0.1) is 0 Å². The maximum absolute atomic E-state index is 12.8. The van der Waals surface area contributed by atoms with E-state index < -0.39 is 22.6 Å². The Morgan fingerprint density at radius 1 is 1.37 bits per heavy atom. The zero-order chi connectivity index (χ0) is 21.9. The van der Waals surface area contributed by atoms with E-state index in [0.717, 1.165) is 29.1 Å². The van der Waals surface area contributed by atoms with Crippen LogP contribution in [0.3, 0.4) is 0 Å². The molecule has 1 N–H and O–H groups in total. The molecule has 2 aromatic heterocycles. The molecular formula is C18H14F3N5O4. The van der Waals surface area contributed by atoms with Crippen molar-refractivity contribution in [3.05, 3.63) is 69.9 Å². The maximum Gasteiger partial charge on any atom is 0.416 e. The number of aromatic nitrogens is 2. The number of benzene rings is 1. The molecule has 0 aliphatic carbocycles. The Kier molecular flexibility index (Phi) is 5.67. The van der Waals surface area contributed by atoms with Crippen LogP contribution < -0.4 is 5.43 Å². The number of imidazole rings is 1. The number of carbonyl (C=O) groups excluding carboxylic acids is 1. The van der Waals surface area contributed by atoms with Crippen LogP contribution in [0, 0.1) is 17.0 Å². The smallest absolute Gasteiger partial charge is 0.416 e. The van der Waals surface area contributed by atoms with E-state index in [1.807, 2.05) is 0 Å². The van der Waals surface area contributed by atoms with Crippen molar-refractivity contribution in [1.82, 2.24) is 15.0 Å². The van der Waals surface area contributed by atoms with Crippen molar-refractivity contribution in [2.45, 2.75) is 19.6 Å². The number of nitro groups is 1. The summed E-state index contributed by atoms with van der Waals surface area (Å²) < 4.78 is 45.0. The van der Waals surface area contributed by atoms with Gasteiger partial charge in [0.1, 0.15) is 17.7 Å². The van der Waals surface area contributed by atoms with Gasteiger partial charge in [0.25, 0.3) is 5.91 Å². The van der Waals surface area contributed by atoms with E-state index in [0.29, 0.717) is 0 Å². The van der Waals surface area contributed by atoms with E-state index in [4.69, 9.17) is 4.42 Å². The molecule has 2 heterocycles. The molecule has 1 aromatic carbocycles. The molecule has 30 heavy (non-hydrogen) atoms. The molecule has 1 amide bonds. The third-order valence-electron chi connectivity index (χ3n) is 4.01. The van der Waals surface area contributed by atoms with Crippen molar-refractivity contribution in [3.63, 3.8) is 0 Å². The summed E-state index contributed by atoms with van der Waals surface area (Å²) in [4.78, 5) is 26.0. The number of hydrazone groups is 1. The highest BCUT2D eigenvalue weighted by Crippen LogP contribution is 2.32. The van der Waals surface area contributed by atoms with E-state index in [2.05, 4.69) is 15.5 Å². The standard InChI is InChI=1S/C18H14F3N5O4/c1-11-22-9-17(26(28)29)25(11)10-16(27)24-23-8-14-5-6-15(30-14)12-3-2-4-13(7-12)18(19,20)21/h2-9H,10H2,1H3,(H,24,27). The topological polar surface area (TPSA) is 116 Å². The van der Waals surface area contributed by atoms with Crippen LogP contribution in [0.25, 0.3) is 11.3 Å². The van der Waals surface area contributed by atoms with E-state index >= 15 is 0 Å². The van der Waals surface area contributed by atoms with Crippen LogP contribution in [-0.4, -0.2) is 26.6 Å². The van der Waals surface area contributed by atoms with Gasteiger partial charge in [-0.05, 0) is 29.2 Å². The van der Waals surface area contributed by atoms with Gasteiger partial charge in [0.15, 0.2) is 12.4 Å². The number of hydrogen-bond donors (Lipinski definition) is 1. The van der Waals surface area contributed by atoms with E-state index in [1.165, 1.54) is 31.2 Å². The number of aryl methyl sites for hydroxylation is 1. The third kappa shape index (κ3) is 4.71. The second-order valence-electron chi connectivity index (χ2n) is 6.08. The van der Waals surface area contributed by atoms with Gasteiger partial charge >= 0.3 is 12.0 Å². The Bertz CT molecular complexity index is 1120. The summed E-state index contributed by atoms with van der Waals surface area (Å²) >= 11 is 0.